The molecular formula is C21H14O2. The van der Waals surface area contributed by atoms with Crippen LogP contribution < -0.4 is 0 Å². The monoisotopic (exact) mass is 298 g/mol. The first-order chi connectivity index (χ1) is 11.2. The summed E-state index contributed by atoms with van der Waals surface area (Å²) in [5, 5.41) is 0. The predicted molar refractivity (Wildman–Crippen MR) is 89.0 cm³/mol. The van der Waals surface area contributed by atoms with Crippen LogP contribution in [0.4, 0.5) is 0 Å². The van der Waals surface area contributed by atoms with E-state index < -0.39 is 0 Å². The molecule has 0 aromatic heterocycles. The highest BCUT2D eigenvalue weighted by Gasteiger charge is 2.29. The molecule has 0 radical (unpaired) electrons. The Kier molecular flexibility index (Phi) is 3.16. The van der Waals surface area contributed by atoms with Crippen molar-refractivity contribution in [2.75, 3.05) is 0 Å². The van der Waals surface area contributed by atoms with Gasteiger partial charge in [0.05, 0.1) is 0 Å². The molecule has 0 heterocycles. The Bertz CT molecular complexity index is 924. The molecule has 0 unspecified atom stereocenters. The standard InChI is InChI=1S/C21H14O2/c22-20-16-8-4-5-9-17(16)21(23)19-13-15(10-11-18(19)20)12-14-6-2-1-3-7-14/h1-11,13H,12H2. The van der Waals surface area contributed by atoms with Gasteiger partial charge in [0.2, 0.25) is 0 Å². The number of rotatable bonds is 2. The number of hydrogen-bond acceptors (Lipinski definition) is 2. The second-order valence-electron chi connectivity index (χ2n) is 5.75. The van der Waals surface area contributed by atoms with Crippen molar-refractivity contribution in [3.8, 4) is 0 Å². The smallest absolute Gasteiger partial charge is 0.194 e. The fraction of sp³-hybridized carbons (Fsp3) is 0.0476. The summed E-state index contributed by atoms with van der Waals surface area (Å²) in [5.74, 6) is -0.133. The van der Waals surface area contributed by atoms with E-state index >= 15 is 0 Å². The molecule has 1 aliphatic rings. The van der Waals surface area contributed by atoms with Crippen LogP contribution in [0.2, 0.25) is 0 Å². The van der Waals surface area contributed by atoms with E-state index in [-0.39, 0.29) is 11.6 Å². The Morgan fingerprint density at radius 1 is 0.522 bits per heavy atom. The van der Waals surface area contributed by atoms with Gasteiger partial charge in [-0.25, -0.2) is 0 Å². The molecule has 23 heavy (non-hydrogen) atoms. The quantitative estimate of drug-likeness (QED) is 0.559. The van der Waals surface area contributed by atoms with Crippen molar-refractivity contribution < 1.29 is 9.59 Å². The van der Waals surface area contributed by atoms with Crippen molar-refractivity contribution in [3.63, 3.8) is 0 Å². The van der Waals surface area contributed by atoms with E-state index in [2.05, 4.69) is 12.1 Å². The minimum atomic E-state index is -0.0681. The molecule has 3 aromatic rings. The van der Waals surface area contributed by atoms with Crippen LogP contribution in [0.3, 0.4) is 0 Å². The minimum absolute atomic E-state index is 0.0647. The lowest BCUT2D eigenvalue weighted by atomic mass is 9.83. The van der Waals surface area contributed by atoms with Crippen LogP contribution in [0.15, 0.2) is 72.8 Å². The van der Waals surface area contributed by atoms with Crippen molar-refractivity contribution in [1.29, 1.82) is 0 Å². The molecule has 0 N–H and O–H groups in total. The third-order valence-electron chi connectivity index (χ3n) is 4.24. The molecule has 0 spiro atoms. The fourth-order valence-electron chi connectivity index (χ4n) is 3.09. The largest absolute Gasteiger partial charge is 0.289 e. The van der Waals surface area contributed by atoms with Gasteiger partial charge in [0.1, 0.15) is 0 Å². The second-order valence-corrected chi connectivity index (χ2v) is 5.75. The summed E-state index contributed by atoms with van der Waals surface area (Å²) >= 11 is 0. The van der Waals surface area contributed by atoms with Gasteiger partial charge in [-0.2, -0.15) is 0 Å². The van der Waals surface area contributed by atoms with Crippen LogP contribution in [0.25, 0.3) is 0 Å². The number of carbonyl (C=O) groups excluding carboxylic acids is 2. The number of fused-ring (bicyclic) bond motifs is 2. The Balaban J connectivity index is 1.77. The van der Waals surface area contributed by atoms with E-state index in [4.69, 9.17) is 0 Å². The average molecular weight is 298 g/mol. The van der Waals surface area contributed by atoms with Gasteiger partial charge in [0.25, 0.3) is 0 Å². The Morgan fingerprint density at radius 2 is 1.09 bits per heavy atom. The average Bonchev–Trinajstić information content (AvgIpc) is 2.60. The highest BCUT2D eigenvalue weighted by Crippen LogP contribution is 2.28. The summed E-state index contributed by atoms with van der Waals surface area (Å²) in [7, 11) is 0. The lowest BCUT2D eigenvalue weighted by Crippen LogP contribution is -2.20. The van der Waals surface area contributed by atoms with Crippen LogP contribution >= 0.6 is 0 Å². The zero-order valence-electron chi connectivity index (χ0n) is 12.5. The van der Waals surface area contributed by atoms with E-state index in [1.807, 2.05) is 30.3 Å². The number of ketones is 2. The van der Waals surface area contributed by atoms with Gasteiger partial charge in [0, 0.05) is 22.3 Å². The first kappa shape index (κ1) is 13.6. The van der Waals surface area contributed by atoms with Crippen molar-refractivity contribution >= 4 is 11.6 Å². The van der Waals surface area contributed by atoms with Gasteiger partial charge < -0.3 is 0 Å². The molecule has 3 aromatic carbocycles. The normalized spacial score (nSPS) is 12.7. The van der Waals surface area contributed by atoms with E-state index in [0.717, 1.165) is 12.0 Å². The van der Waals surface area contributed by atoms with Crippen molar-refractivity contribution in [2.45, 2.75) is 6.42 Å². The molecule has 0 fully saturated rings. The summed E-state index contributed by atoms with van der Waals surface area (Å²) in [6.45, 7) is 0. The van der Waals surface area contributed by atoms with Gasteiger partial charge in [-0.1, -0.05) is 66.7 Å². The van der Waals surface area contributed by atoms with E-state index in [0.29, 0.717) is 22.3 Å². The third-order valence-corrected chi connectivity index (χ3v) is 4.24. The molecule has 0 bridgehead atoms. The molecule has 0 aliphatic heterocycles. The maximum absolute atomic E-state index is 12.7. The summed E-state index contributed by atoms with van der Waals surface area (Å²) in [4.78, 5) is 25.3. The van der Waals surface area contributed by atoms with Crippen LogP contribution in [-0.2, 0) is 6.42 Å². The van der Waals surface area contributed by atoms with Gasteiger partial charge >= 0.3 is 0 Å². The molecule has 0 saturated carbocycles. The van der Waals surface area contributed by atoms with Crippen molar-refractivity contribution in [2.24, 2.45) is 0 Å². The zero-order chi connectivity index (χ0) is 15.8. The summed E-state index contributed by atoms with van der Waals surface area (Å²) in [5.41, 5.74) is 4.24. The summed E-state index contributed by atoms with van der Waals surface area (Å²) in [6.07, 6.45) is 0.747. The molecule has 0 saturated heterocycles. The van der Waals surface area contributed by atoms with Gasteiger partial charge in [0.15, 0.2) is 11.6 Å². The summed E-state index contributed by atoms with van der Waals surface area (Å²) < 4.78 is 0. The topological polar surface area (TPSA) is 34.1 Å². The van der Waals surface area contributed by atoms with E-state index in [9.17, 15) is 9.59 Å². The van der Waals surface area contributed by atoms with Crippen LogP contribution in [0.1, 0.15) is 43.0 Å². The first-order valence-electron chi connectivity index (χ1n) is 7.59. The molecule has 0 atom stereocenters. The van der Waals surface area contributed by atoms with Crippen LogP contribution in [0.5, 0.6) is 0 Å². The molecule has 1 aliphatic carbocycles. The van der Waals surface area contributed by atoms with Gasteiger partial charge in [-0.15, -0.1) is 0 Å². The van der Waals surface area contributed by atoms with Crippen molar-refractivity contribution in [1.82, 2.24) is 0 Å². The Morgan fingerprint density at radius 3 is 1.78 bits per heavy atom. The highest BCUT2D eigenvalue weighted by atomic mass is 16.1. The minimum Gasteiger partial charge on any atom is -0.289 e. The predicted octanol–water partition coefficient (Wildman–Crippen LogP) is 4.05. The van der Waals surface area contributed by atoms with Crippen LogP contribution in [-0.4, -0.2) is 11.6 Å². The molecule has 4 rings (SSSR count). The van der Waals surface area contributed by atoms with E-state index in [1.165, 1.54) is 5.56 Å². The maximum atomic E-state index is 12.7. The highest BCUT2D eigenvalue weighted by molar-refractivity contribution is 6.28. The number of benzene rings is 3. The lowest BCUT2D eigenvalue weighted by Gasteiger charge is -2.18. The lowest BCUT2D eigenvalue weighted by molar-refractivity contribution is 0.0979. The van der Waals surface area contributed by atoms with Crippen molar-refractivity contribution in [3.05, 3.63) is 106 Å². The number of carbonyl (C=O) groups is 2. The van der Waals surface area contributed by atoms with Crippen LogP contribution in [0, 0.1) is 0 Å². The van der Waals surface area contributed by atoms with Gasteiger partial charge in [-0.3, -0.25) is 9.59 Å². The molecule has 2 heteroatoms. The fourth-order valence-corrected chi connectivity index (χ4v) is 3.09. The molecule has 2 nitrogen and oxygen atoms in total. The van der Waals surface area contributed by atoms with Gasteiger partial charge in [-0.05, 0) is 23.6 Å². The SMILES string of the molecule is O=C1c2ccccc2C(=O)c2cc(Cc3ccccc3)ccc21. The molecule has 110 valence electrons. The Labute approximate surface area is 134 Å². The maximum Gasteiger partial charge on any atom is 0.194 e. The third kappa shape index (κ3) is 2.29. The molecular weight excluding hydrogens is 284 g/mol. The van der Waals surface area contributed by atoms with E-state index in [1.54, 1.807) is 30.3 Å². The first-order valence-corrected chi connectivity index (χ1v) is 7.59. The summed E-state index contributed by atoms with van der Waals surface area (Å²) in [6, 6.07) is 22.7. The number of hydrogen-bond donors (Lipinski definition) is 0. The molecule has 0 amide bonds. The Hall–Kier alpha value is -3.00. The zero-order valence-corrected chi connectivity index (χ0v) is 12.5. The second kappa shape index (κ2) is 5.33.